The van der Waals surface area contributed by atoms with Gasteiger partial charge in [0.15, 0.2) is 0 Å². The van der Waals surface area contributed by atoms with Crippen molar-refractivity contribution in [2.45, 2.75) is 49.7 Å². The molecule has 2 amide bonds. The number of carbonyl (C=O) groups is 2. The summed E-state index contributed by atoms with van der Waals surface area (Å²) >= 11 is 5.97. The zero-order chi connectivity index (χ0) is 28.0. The molecule has 4 rings (SSSR count). The van der Waals surface area contributed by atoms with Crippen molar-refractivity contribution in [3.8, 4) is 5.75 Å². The van der Waals surface area contributed by atoms with Crippen LogP contribution in [0.2, 0.25) is 5.02 Å². The van der Waals surface area contributed by atoms with E-state index in [9.17, 15) is 18.0 Å². The number of hydrogen-bond acceptors (Lipinski definition) is 5. The minimum absolute atomic E-state index is 0.0206. The smallest absolute Gasteiger partial charge is 0.251 e. The number of benzene rings is 3. The highest BCUT2D eigenvalue weighted by Crippen LogP contribution is 2.26. The van der Waals surface area contributed by atoms with E-state index in [0.29, 0.717) is 29.1 Å². The lowest BCUT2D eigenvalue weighted by Crippen LogP contribution is -2.48. The molecule has 0 aliphatic carbocycles. The third-order valence-corrected chi connectivity index (χ3v) is 8.91. The summed E-state index contributed by atoms with van der Waals surface area (Å²) in [4.78, 5) is 25.8. The van der Waals surface area contributed by atoms with Crippen LogP contribution < -0.4 is 15.4 Å². The predicted octanol–water partition coefficient (Wildman–Crippen LogP) is 4.70. The summed E-state index contributed by atoms with van der Waals surface area (Å²) in [5.41, 5.74) is 2.04. The van der Waals surface area contributed by atoms with E-state index >= 15 is 0 Å². The van der Waals surface area contributed by atoms with Crippen LogP contribution in [0.3, 0.4) is 0 Å². The van der Waals surface area contributed by atoms with Crippen molar-refractivity contribution in [3.63, 3.8) is 0 Å². The molecule has 39 heavy (non-hydrogen) atoms. The molecule has 0 bridgehead atoms. The third kappa shape index (κ3) is 6.98. The first-order valence-electron chi connectivity index (χ1n) is 12.8. The first-order chi connectivity index (χ1) is 18.7. The van der Waals surface area contributed by atoms with Gasteiger partial charge in [-0.3, -0.25) is 9.59 Å². The average Bonchev–Trinajstić information content (AvgIpc) is 3.16. The molecule has 206 valence electrons. The number of amides is 2. The molecule has 0 spiro atoms. The maximum Gasteiger partial charge on any atom is 0.251 e. The fraction of sp³-hybridized carbons (Fsp3) is 0.310. The van der Waals surface area contributed by atoms with Gasteiger partial charge in [-0.1, -0.05) is 35.9 Å². The van der Waals surface area contributed by atoms with Crippen LogP contribution in [0.5, 0.6) is 5.75 Å². The number of sulfonamides is 1. The van der Waals surface area contributed by atoms with Crippen LogP contribution in [-0.2, 0) is 21.4 Å². The molecule has 0 aromatic heterocycles. The van der Waals surface area contributed by atoms with Crippen LogP contribution in [0.25, 0.3) is 0 Å². The Morgan fingerprint density at radius 3 is 2.36 bits per heavy atom. The van der Waals surface area contributed by atoms with Gasteiger partial charge in [0.2, 0.25) is 15.9 Å². The Hall–Kier alpha value is -3.40. The fourth-order valence-corrected chi connectivity index (χ4v) is 6.23. The predicted molar refractivity (Wildman–Crippen MR) is 150 cm³/mol. The molecule has 3 aromatic rings. The zero-order valence-electron chi connectivity index (χ0n) is 21.9. The van der Waals surface area contributed by atoms with Crippen LogP contribution in [0, 0.1) is 0 Å². The summed E-state index contributed by atoms with van der Waals surface area (Å²) in [7, 11) is -2.42. The van der Waals surface area contributed by atoms with E-state index < -0.39 is 16.1 Å². The number of nitrogens with one attached hydrogen (secondary N) is 2. The molecular formula is C29H32ClN3O5S. The molecule has 10 heteroatoms. The Balaban J connectivity index is 1.53. The summed E-state index contributed by atoms with van der Waals surface area (Å²) in [6, 6.07) is 19.1. The van der Waals surface area contributed by atoms with E-state index in [0.717, 1.165) is 24.2 Å². The largest absolute Gasteiger partial charge is 0.497 e. The van der Waals surface area contributed by atoms with Crippen molar-refractivity contribution in [2.75, 3.05) is 13.7 Å². The topological polar surface area (TPSA) is 105 Å². The summed E-state index contributed by atoms with van der Waals surface area (Å²) in [5.74, 6) is 0.175. The highest BCUT2D eigenvalue weighted by Gasteiger charge is 2.36. The number of ether oxygens (including phenoxy) is 1. The van der Waals surface area contributed by atoms with Crippen molar-refractivity contribution in [2.24, 2.45) is 0 Å². The highest BCUT2D eigenvalue weighted by molar-refractivity contribution is 7.89. The van der Waals surface area contributed by atoms with Gasteiger partial charge in [0.05, 0.1) is 18.0 Å². The van der Waals surface area contributed by atoms with Crippen LogP contribution in [0.4, 0.5) is 0 Å². The van der Waals surface area contributed by atoms with Crippen LogP contribution in [-0.4, -0.2) is 44.2 Å². The number of rotatable bonds is 9. The lowest BCUT2D eigenvalue weighted by Gasteiger charge is -2.29. The molecule has 0 unspecified atom stereocenters. The van der Waals surface area contributed by atoms with E-state index in [1.807, 2.05) is 31.2 Å². The van der Waals surface area contributed by atoms with Gasteiger partial charge >= 0.3 is 0 Å². The molecule has 2 atom stereocenters. The van der Waals surface area contributed by atoms with Gasteiger partial charge in [-0.25, -0.2) is 8.42 Å². The maximum absolute atomic E-state index is 13.7. The summed E-state index contributed by atoms with van der Waals surface area (Å²) in [6.07, 6.45) is 1.93. The van der Waals surface area contributed by atoms with Crippen molar-refractivity contribution >= 4 is 33.4 Å². The standard InChI is InChI=1S/C29H32ClN3O5S/c1-20(22-10-14-25(38-2)15-11-22)32-28(34)23-8-6-21(7-9-23)19-33(27-5-3-4-18-31-29(27)35)39(36,37)26-16-12-24(30)13-17-26/h6-17,20,27H,3-5,18-19H2,1-2H3,(H,31,35)(H,32,34)/t20-,27+/m0/s1. The van der Waals surface area contributed by atoms with Crippen molar-refractivity contribution in [1.82, 2.24) is 14.9 Å². The van der Waals surface area contributed by atoms with E-state index in [2.05, 4.69) is 10.6 Å². The number of halogens is 1. The molecule has 1 aliphatic heterocycles. The maximum atomic E-state index is 13.7. The normalized spacial score (nSPS) is 16.7. The second-order valence-corrected chi connectivity index (χ2v) is 11.8. The molecule has 2 N–H and O–H groups in total. The Kier molecular flexibility index (Phi) is 9.27. The van der Waals surface area contributed by atoms with E-state index in [4.69, 9.17) is 16.3 Å². The van der Waals surface area contributed by atoms with Crippen LogP contribution in [0.15, 0.2) is 77.7 Å². The van der Waals surface area contributed by atoms with Crippen LogP contribution >= 0.6 is 11.6 Å². The Labute approximate surface area is 234 Å². The van der Waals surface area contributed by atoms with Gasteiger partial charge < -0.3 is 15.4 Å². The number of nitrogens with zero attached hydrogens (tertiary/aromatic N) is 1. The number of hydrogen-bond donors (Lipinski definition) is 2. The minimum Gasteiger partial charge on any atom is -0.497 e. The first kappa shape index (κ1) is 28.6. The monoisotopic (exact) mass is 569 g/mol. The molecule has 1 fully saturated rings. The Bertz CT molecular complexity index is 1390. The zero-order valence-corrected chi connectivity index (χ0v) is 23.5. The van der Waals surface area contributed by atoms with Crippen molar-refractivity contribution in [3.05, 3.63) is 94.5 Å². The number of carbonyl (C=O) groups excluding carboxylic acids is 2. The Morgan fingerprint density at radius 1 is 1.05 bits per heavy atom. The highest BCUT2D eigenvalue weighted by atomic mass is 35.5. The molecule has 1 aliphatic rings. The molecule has 3 aromatic carbocycles. The van der Waals surface area contributed by atoms with Crippen molar-refractivity contribution < 1.29 is 22.7 Å². The summed E-state index contributed by atoms with van der Waals surface area (Å²) in [5, 5.41) is 6.22. The Morgan fingerprint density at radius 2 is 1.72 bits per heavy atom. The van der Waals surface area contributed by atoms with Gasteiger partial charge in [-0.15, -0.1) is 0 Å². The molecule has 0 saturated carbocycles. The lowest BCUT2D eigenvalue weighted by atomic mass is 10.1. The first-order valence-corrected chi connectivity index (χ1v) is 14.6. The van der Waals surface area contributed by atoms with Gasteiger partial charge in [-0.2, -0.15) is 4.31 Å². The second kappa shape index (κ2) is 12.6. The second-order valence-electron chi connectivity index (χ2n) is 9.47. The summed E-state index contributed by atoms with van der Waals surface area (Å²) < 4.78 is 33.8. The summed E-state index contributed by atoms with van der Waals surface area (Å²) in [6.45, 7) is 2.39. The SMILES string of the molecule is COc1ccc([C@H](C)NC(=O)c2ccc(CN([C@@H]3CCCCNC3=O)S(=O)(=O)c3ccc(Cl)cc3)cc2)cc1. The minimum atomic E-state index is -4.02. The van der Waals surface area contributed by atoms with E-state index in [1.165, 1.54) is 28.6 Å². The molecular weight excluding hydrogens is 538 g/mol. The fourth-order valence-electron chi connectivity index (χ4n) is 4.50. The molecule has 1 heterocycles. The van der Waals surface area contributed by atoms with Gasteiger partial charge in [0, 0.05) is 23.7 Å². The average molecular weight is 570 g/mol. The lowest BCUT2D eigenvalue weighted by molar-refractivity contribution is -0.124. The van der Waals surface area contributed by atoms with Gasteiger partial charge in [0.1, 0.15) is 11.8 Å². The molecule has 1 saturated heterocycles. The van der Waals surface area contributed by atoms with E-state index in [-0.39, 0.29) is 29.3 Å². The van der Waals surface area contributed by atoms with Gasteiger partial charge in [-0.05, 0) is 85.8 Å². The van der Waals surface area contributed by atoms with Gasteiger partial charge in [0.25, 0.3) is 5.91 Å². The molecule has 0 radical (unpaired) electrons. The van der Waals surface area contributed by atoms with E-state index in [1.54, 1.807) is 31.4 Å². The van der Waals surface area contributed by atoms with Crippen molar-refractivity contribution in [1.29, 1.82) is 0 Å². The van der Waals surface area contributed by atoms with Crippen LogP contribution in [0.1, 0.15) is 53.7 Å². The quantitative estimate of drug-likeness (QED) is 0.389. The molecule has 8 nitrogen and oxygen atoms in total. The number of methoxy groups -OCH3 is 1. The third-order valence-electron chi connectivity index (χ3n) is 6.79.